The second-order valence-corrected chi connectivity index (χ2v) is 5.63. The Morgan fingerprint density at radius 2 is 2.21 bits per heavy atom. The molecule has 0 amide bonds. The average molecular weight is 292 g/mol. The third-order valence-corrected chi connectivity index (χ3v) is 3.45. The molecule has 108 valence electrons. The van der Waals surface area contributed by atoms with Crippen LogP contribution >= 0.6 is 7.82 Å². The molecule has 0 aliphatic rings. The molecule has 0 aromatic carbocycles. The summed E-state index contributed by atoms with van der Waals surface area (Å²) in [5.74, 6) is 0.702. The molecule has 0 radical (unpaired) electrons. The van der Waals surface area contributed by atoms with Crippen molar-refractivity contribution in [3.8, 4) is 5.88 Å². The summed E-state index contributed by atoms with van der Waals surface area (Å²) in [4.78, 5) is 8.42. The Hall–Kier alpha value is -0.970. The molecule has 19 heavy (non-hydrogen) atoms. The van der Waals surface area contributed by atoms with Gasteiger partial charge in [-0.05, 0) is 20.7 Å². The van der Waals surface area contributed by atoms with Gasteiger partial charge in [-0.25, -0.2) is 9.55 Å². The van der Waals surface area contributed by atoms with Gasteiger partial charge in [0.1, 0.15) is 5.82 Å². The van der Waals surface area contributed by atoms with Crippen molar-refractivity contribution in [2.75, 3.05) is 13.2 Å². The van der Waals surface area contributed by atoms with E-state index in [1.54, 1.807) is 13.8 Å². The maximum atomic E-state index is 12.4. The minimum atomic E-state index is -3.98. The zero-order valence-electron chi connectivity index (χ0n) is 13.6. The second kappa shape index (κ2) is 6.98. The van der Waals surface area contributed by atoms with Gasteiger partial charge in [0.15, 0.2) is 0 Å². The monoisotopic (exact) mass is 292 g/mol. The zero-order valence-corrected chi connectivity index (χ0v) is 12.5. The van der Waals surface area contributed by atoms with Gasteiger partial charge in [-0.2, -0.15) is 4.98 Å². The van der Waals surface area contributed by atoms with Crippen LogP contribution in [0.4, 0.5) is 0 Å². The van der Waals surface area contributed by atoms with E-state index >= 15 is 0 Å². The molecule has 0 fully saturated rings. The van der Waals surface area contributed by atoms with Crippen LogP contribution < -0.4 is 4.52 Å². The first-order valence-corrected chi connectivity index (χ1v) is 7.45. The Morgan fingerprint density at radius 3 is 2.79 bits per heavy atom. The van der Waals surface area contributed by atoms with Crippen LogP contribution in [0, 0.1) is 6.92 Å². The van der Waals surface area contributed by atoms with E-state index < -0.39 is 14.4 Å². The smallest absolute Gasteiger partial charge is 0.385 e. The summed E-state index contributed by atoms with van der Waals surface area (Å²) >= 11 is 0. The minimum absolute atomic E-state index is 0.0696. The Bertz CT molecular complexity index is 516. The summed E-state index contributed by atoms with van der Waals surface area (Å²) in [5, 5.41) is 0. The first-order chi connectivity index (χ1) is 9.79. The Balaban J connectivity index is 3.00. The predicted octanol–water partition coefficient (Wildman–Crippen LogP) is 3.47. The molecular weight excluding hydrogens is 267 g/mol. The number of hydrogen-bond donors (Lipinski definition) is 0. The highest BCUT2D eigenvalue weighted by Gasteiger charge is 2.28. The number of aromatic nitrogens is 2. The molecule has 2 unspecified atom stereocenters. The van der Waals surface area contributed by atoms with Crippen LogP contribution in [-0.2, 0) is 13.6 Å². The van der Waals surface area contributed by atoms with E-state index in [1.807, 2.05) is 13.8 Å². The van der Waals surface area contributed by atoms with Crippen LogP contribution in [0.5, 0.6) is 5.88 Å². The molecule has 7 heteroatoms. The SMILES string of the molecule is [3H]CC([3H])OP(=O)(OCC)Oc1cc(C)nc(C(C)C)n1. The third kappa shape index (κ3) is 4.90. The van der Waals surface area contributed by atoms with Crippen molar-refractivity contribution in [2.24, 2.45) is 0 Å². The normalized spacial score (nSPS) is 17.5. The van der Waals surface area contributed by atoms with Crippen molar-refractivity contribution in [1.29, 1.82) is 0 Å². The summed E-state index contributed by atoms with van der Waals surface area (Å²) in [7, 11) is -3.98. The lowest BCUT2D eigenvalue weighted by molar-refractivity contribution is 0.165. The fourth-order valence-electron chi connectivity index (χ4n) is 1.31. The standard InChI is InChI=1S/C12H21N2O4P/c1-6-16-19(15,17-7-2)18-11-8-10(5)13-12(14-11)9(3)4/h8-9H,6-7H2,1-5H3/i1T,6T. The first kappa shape index (κ1) is 13.0. The van der Waals surface area contributed by atoms with Gasteiger partial charge in [-0.1, -0.05) is 13.8 Å². The number of rotatable bonds is 7. The molecule has 0 saturated heterocycles. The first-order valence-electron chi connectivity index (χ1n) is 7.27. The van der Waals surface area contributed by atoms with Crippen LogP contribution in [0.1, 0.15) is 47.8 Å². The van der Waals surface area contributed by atoms with Crippen molar-refractivity contribution >= 4 is 7.82 Å². The van der Waals surface area contributed by atoms with Crippen LogP contribution in [0.2, 0.25) is 0 Å². The summed E-state index contributed by atoms with van der Waals surface area (Å²) in [6.07, 6.45) is 0. The lowest BCUT2D eigenvalue weighted by Crippen LogP contribution is -2.06. The van der Waals surface area contributed by atoms with Gasteiger partial charge < -0.3 is 4.52 Å². The number of hydrogen-bond acceptors (Lipinski definition) is 6. The Morgan fingerprint density at radius 1 is 1.47 bits per heavy atom. The van der Waals surface area contributed by atoms with E-state index in [9.17, 15) is 4.57 Å². The van der Waals surface area contributed by atoms with Gasteiger partial charge in [0.2, 0.25) is 5.88 Å². The molecule has 0 aliphatic carbocycles. The number of nitrogens with zero attached hydrogens (tertiary/aromatic N) is 2. The van der Waals surface area contributed by atoms with Crippen LogP contribution in [-0.4, -0.2) is 23.2 Å². The molecule has 0 aliphatic heterocycles. The summed E-state index contributed by atoms with van der Waals surface area (Å²) in [6, 6.07) is 1.51. The van der Waals surface area contributed by atoms with E-state index in [1.165, 1.54) is 6.07 Å². The van der Waals surface area contributed by atoms with Crippen LogP contribution in [0.3, 0.4) is 0 Å². The summed E-state index contributed by atoms with van der Waals surface area (Å²) in [6.45, 7) is 5.65. The largest absolute Gasteiger partial charge is 0.531 e. The topological polar surface area (TPSA) is 70.5 Å². The van der Waals surface area contributed by atoms with Crippen molar-refractivity contribution in [2.45, 2.75) is 40.5 Å². The van der Waals surface area contributed by atoms with E-state index in [0.29, 0.717) is 11.5 Å². The van der Waals surface area contributed by atoms with E-state index in [4.69, 9.17) is 16.3 Å². The van der Waals surface area contributed by atoms with Crippen molar-refractivity contribution < 1.29 is 20.9 Å². The van der Waals surface area contributed by atoms with Gasteiger partial charge >= 0.3 is 7.82 Å². The van der Waals surface area contributed by atoms with Crippen molar-refractivity contribution in [3.63, 3.8) is 0 Å². The lowest BCUT2D eigenvalue weighted by atomic mass is 10.2. The number of phosphoric ester groups is 1. The molecular formula is C12H21N2O4P. The van der Waals surface area contributed by atoms with E-state index in [0.717, 1.165) is 0 Å². The van der Waals surface area contributed by atoms with Gasteiger partial charge in [0.25, 0.3) is 0 Å². The third-order valence-electron chi connectivity index (χ3n) is 2.06. The van der Waals surface area contributed by atoms with Gasteiger partial charge in [0.05, 0.1) is 14.6 Å². The minimum Gasteiger partial charge on any atom is -0.385 e. The highest BCUT2D eigenvalue weighted by Crippen LogP contribution is 2.48. The molecule has 6 nitrogen and oxygen atoms in total. The summed E-state index contributed by atoms with van der Waals surface area (Å²) in [5.41, 5.74) is 0.662. The Kier molecular flexibility index (Phi) is 4.79. The molecule has 2 atom stereocenters. The van der Waals surface area contributed by atoms with Gasteiger partial charge in [-0.15, -0.1) is 0 Å². The fraction of sp³-hybridized carbons (Fsp3) is 0.667. The second-order valence-electron chi connectivity index (χ2n) is 4.09. The van der Waals surface area contributed by atoms with Crippen LogP contribution in [0.15, 0.2) is 6.07 Å². The molecule has 1 aromatic heterocycles. The highest BCUT2D eigenvalue weighted by molar-refractivity contribution is 7.48. The van der Waals surface area contributed by atoms with Crippen LogP contribution in [0.25, 0.3) is 0 Å². The zero-order chi connectivity index (χ0) is 16.0. The van der Waals surface area contributed by atoms with E-state index in [2.05, 4.69) is 9.97 Å². The maximum Gasteiger partial charge on any atom is 0.531 e. The molecule has 1 heterocycles. The quantitative estimate of drug-likeness (QED) is 0.717. The lowest BCUT2D eigenvalue weighted by Gasteiger charge is -2.17. The molecule has 0 saturated carbocycles. The summed E-state index contributed by atoms with van der Waals surface area (Å²) < 4.78 is 42.0. The highest BCUT2D eigenvalue weighted by atomic mass is 31.2. The maximum absolute atomic E-state index is 12.4. The molecule has 1 aromatic rings. The Labute approximate surface area is 116 Å². The molecule has 0 N–H and O–H groups in total. The average Bonchev–Trinajstić information content (AvgIpc) is 2.37. The fourth-order valence-corrected chi connectivity index (χ4v) is 2.29. The molecule has 0 bridgehead atoms. The molecule has 1 rings (SSSR count). The molecule has 0 spiro atoms. The number of aryl methyl sites for hydroxylation is 1. The van der Waals surface area contributed by atoms with Crippen molar-refractivity contribution in [1.82, 2.24) is 9.97 Å². The van der Waals surface area contributed by atoms with Gasteiger partial charge in [0, 0.05) is 19.0 Å². The number of phosphoric acid groups is 1. The van der Waals surface area contributed by atoms with Crippen molar-refractivity contribution in [3.05, 3.63) is 17.6 Å². The van der Waals surface area contributed by atoms with Gasteiger partial charge in [-0.3, -0.25) is 9.05 Å². The predicted molar refractivity (Wildman–Crippen MR) is 72.3 cm³/mol. The van der Waals surface area contributed by atoms with E-state index in [-0.39, 0.29) is 25.3 Å².